The van der Waals surface area contributed by atoms with Crippen molar-refractivity contribution >= 4 is 11.6 Å². The van der Waals surface area contributed by atoms with E-state index in [0.717, 1.165) is 24.0 Å². The van der Waals surface area contributed by atoms with Crippen LogP contribution in [0.25, 0.3) is 0 Å². The number of hydrogen-bond donors (Lipinski definition) is 2. The van der Waals surface area contributed by atoms with Crippen LogP contribution in [-0.2, 0) is 0 Å². The Kier molecular flexibility index (Phi) is 4.57. The molecule has 1 amide bonds. The van der Waals surface area contributed by atoms with E-state index in [-0.39, 0.29) is 11.4 Å². The fraction of sp³-hybridized carbons (Fsp3) is 0.588. The van der Waals surface area contributed by atoms with Crippen molar-refractivity contribution in [1.29, 1.82) is 0 Å². The zero-order chi connectivity index (χ0) is 15.6. The Morgan fingerprint density at radius 2 is 1.86 bits per heavy atom. The predicted octanol–water partition coefficient (Wildman–Crippen LogP) is 2.49. The molecule has 0 bridgehead atoms. The van der Waals surface area contributed by atoms with Crippen LogP contribution in [0.2, 0.25) is 0 Å². The minimum Gasteiger partial charge on any atom is -0.398 e. The third-order valence-corrected chi connectivity index (χ3v) is 4.92. The Hall–Kier alpha value is -1.55. The number of anilines is 1. The van der Waals surface area contributed by atoms with Gasteiger partial charge in [-0.15, -0.1) is 0 Å². The molecule has 1 aliphatic carbocycles. The fourth-order valence-corrected chi connectivity index (χ4v) is 3.27. The van der Waals surface area contributed by atoms with Gasteiger partial charge in [-0.2, -0.15) is 0 Å². The molecular weight excluding hydrogens is 262 g/mol. The molecule has 1 aromatic rings. The molecular formula is C17H27N3O. The number of rotatable bonds is 4. The lowest BCUT2D eigenvalue weighted by Gasteiger charge is -2.36. The van der Waals surface area contributed by atoms with Crippen molar-refractivity contribution < 1.29 is 4.79 Å². The third kappa shape index (κ3) is 3.21. The molecule has 0 unspecified atom stereocenters. The Bertz CT molecular complexity index is 531. The molecule has 116 valence electrons. The topological polar surface area (TPSA) is 58.4 Å². The maximum absolute atomic E-state index is 12.5. The number of nitrogens with zero attached hydrogens (tertiary/aromatic N) is 1. The van der Waals surface area contributed by atoms with Gasteiger partial charge in [0.15, 0.2) is 0 Å². The Balaban J connectivity index is 2.10. The van der Waals surface area contributed by atoms with E-state index in [0.29, 0.717) is 17.8 Å². The molecule has 2 rings (SSSR count). The van der Waals surface area contributed by atoms with Crippen molar-refractivity contribution in [3.63, 3.8) is 0 Å². The molecule has 3 N–H and O–H groups in total. The van der Waals surface area contributed by atoms with Gasteiger partial charge in [-0.3, -0.25) is 4.79 Å². The van der Waals surface area contributed by atoms with Gasteiger partial charge in [0.05, 0.1) is 0 Å². The first-order valence-corrected chi connectivity index (χ1v) is 7.68. The monoisotopic (exact) mass is 289 g/mol. The lowest BCUT2D eigenvalue weighted by molar-refractivity contribution is 0.0899. The van der Waals surface area contributed by atoms with Crippen molar-refractivity contribution in [1.82, 2.24) is 10.2 Å². The second-order valence-corrected chi connectivity index (χ2v) is 6.53. The van der Waals surface area contributed by atoms with Crippen LogP contribution in [0.1, 0.15) is 47.2 Å². The Morgan fingerprint density at radius 3 is 2.43 bits per heavy atom. The average Bonchev–Trinajstić information content (AvgIpc) is 2.90. The standard InChI is InChI=1S/C17H27N3O/c1-12-9-13(2)15(18)10-14(12)16(21)19-11-17(20(3)4)7-5-6-8-17/h9-10H,5-8,11,18H2,1-4H3,(H,19,21). The summed E-state index contributed by atoms with van der Waals surface area (Å²) in [7, 11) is 4.21. The zero-order valence-electron chi connectivity index (χ0n) is 13.6. The van der Waals surface area contributed by atoms with Crippen molar-refractivity contribution in [3.05, 3.63) is 28.8 Å². The van der Waals surface area contributed by atoms with Crippen LogP contribution in [0.3, 0.4) is 0 Å². The lowest BCUT2D eigenvalue weighted by atomic mass is 9.95. The zero-order valence-corrected chi connectivity index (χ0v) is 13.6. The summed E-state index contributed by atoms with van der Waals surface area (Å²) >= 11 is 0. The van der Waals surface area contributed by atoms with Gasteiger partial charge in [-0.05, 0) is 58.0 Å². The minimum absolute atomic E-state index is 0.0210. The molecule has 0 heterocycles. The van der Waals surface area contributed by atoms with Gasteiger partial charge < -0.3 is 16.0 Å². The summed E-state index contributed by atoms with van der Waals surface area (Å²) in [6.45, 7) is 4.62. The highest BCUT2D eigenvalue weighted by atomic mass is 16.1. The summed E-state index contributed by atoms with van der Waals surface area (Å²) in [6, 6.07) is 3.76. The van der Waals surface area contributed by atoms with Gasteiger partial charge in [0.2, 0.25) is 0 Å². The summed E-state index contributed by atoms with van der Waals surface area (Å²) in [5, 5.41) is 3.11. The molecule has 0 saturated heterocycles. The molecule has 1 aromatic carbocycles. The highest BCUT2D eigenvalue weighted by molar-refractivity contribution is 5.96. The Morgan fingerprint density at radius 1 is 1.24 bits per heavy atom. The van der Waals surface area contributed by atoms with Gasteiger partial charge >= 0.3 is 0 Å². The van der Waals surface area contributed by atoms with E-state index in [1.807, 2.05) is 19.9 Å². The molecule has 21 heavy (non-hydrogen) atoms. The molecule has 1 aliphatic rings. The second-order valence-electron chi connectivity index (χ2n) is 6.53. The molecule has 0 atom stereocenters. The summed E-state index contributed by atoms with van der Waals surface area (Å²) in [6.07, 6.45) is 4.78. The first kappa shape index (κ1) is 15.8. The van der Waals surface area contributed by atoms with Crippen LogP contribution >= 0.6 is 0 Å². The van der Waals surface area contributed by atoms with E-state index < -0.39 is 0 Å². The van der Waals surface area contributed by atoms with Gasteiger partial charge in [0, 0.05) is 23.3 Å². The van der Waals surface area contributed by atoms with Gasteiger partial charge in [0.1, 0.15) is 0 Å². The number of nitrogens with two attached hydrogens (primary N) is 1. The van der Waals surface area contributed by atoms with Gasteiger partial charge in [-0.1, -0.05) is 18.9 Å². The number of aryl methyl sites for hydroxylation is 2. The van der Waals surface area contributed by atoms with Crippen molar-refractivity contribution in [3.8, 4) is 0 Å². The number of nitrogens with one attached hydrogen (secondary N) is 1. The number of likely N-dealkylation sites (N-methyl/N-ethyl adjacent to an activating group) is 1. The quantitative estimate of drug-likeness (QED) is 0.837. The van der Waals surface area contributed by atoms with E-state index in [4.69, 9.17) is 5.73 Å². The lowest BCUT2D eigenvalue weighted by Crippen LogP contribution is -2.50. The van der Waals surface area contributed by atoms with E-state index >= 15 is 0 Å². The SMILES string of the molecule is Cc1cc(C)c(C(=O)NCC2(N(C)C)CCCC2)cc1N. The Labute approximate surface area is 127 Å². The van der Waals surface area contributed by atoms with Crippen LogP contribution in [0.15, 0.2) is 12.1 Å². The van der Waals surface area contributed by atoms with Crippen molar-refractivity contribution in [2.75, 3.05) is 26.4 Å². The maximum atomic E-state index is 12.5. The summed E-state index contributed by atoms with van der Waals surface area (Å²) < 4.78 is 0. The van der Waals surface area contributed by atoms with Crippen molar-refractivity contribution in [2.24, 2.45) is 0 Å². The second kappa shape index (κ2) is 6.06. The minimum atomic E-state index is -0.0210. The van der Waals surface area contributed by atoms with Crippen LogP contribution in [0, 0.1) is 13.8 Å². The fourth-order valence-electron chi connectivity index (χ4n) is 3.27. The number of hydrogen-bond acceptors (Lipinski definition) is 3. The smallest absolute Gasteiger partial charge is 0.251 e. The average molecular weight is 289 g/mol. The van der Waals surface area contributed by atoms with E-state index in [1.165, 1.54) is 12.8 Å². The molecule has 0 aliphatic heterocycles. The van der Waals surface area contributed by atoms with Crippen LogP contribution in [0.4, 0.5) is 5.69 Å². The van der Waals surface area contributed by atoms with Crippen LogP contribution < -0.4 is 11.1 Å². The van der Waals surface area contributed by atoms with Gasteiger partial charge in [0.25, 0.3) is 5.91 Å². The number of nitrogen functional groups attached to an aromatic ring is 1. The molecule has 4 nitrogen and oxygen atoms in total. The van der Waals surface area contributed by atoms with Crippen LogP contribution in [-0.4, -0.2) is 37.0 Å². The molecule has 1 fully saturated rings. The highest BCUT2D eigenvalue weighted by Crippen LogP contribution is 2.33. The normalized spacial score (nSPS) is 17.2. The number of carbonyl (C=O) groups excluding carboxylic acids is 1. The maximum Gasteiger partial charge on any atom is 0.251 e. The highest BCUT2D eigenvalue weighted by Gasteiger charge is 2.36. The molecule has 0 spiro atoms. The van der Waals surface area contributed by atoms with E-state index in [9.17, 15) is 4.79 Å². The first-order chi connectivity index (χ1) is 9.85. The van der Waals surface area contributed by atoms with Crippen LogP contribution in [0.5, 0.6) is 0 Å². The van der Waals surface area contributed by atoms with Crippen molar-refractivity contribution in [2.45, 2.75) is 45.1 Å². The summed E-state index contributed by atoms with van der Waals surface area (Å²) in [5.41, 5.74) is 9.40. The molecule has 0 aromatic heterocycles. The summed E-state index contributed by atoms with van der Waals surface area (Å²) in [4.78, 5) is 14.7. The number of benzene rings is 1. The number of amides is 1. The largest absolute Gasteiger partial charge is 0.398 e. The van der Waals surface area contributed by atoms with Gasteiger partial charge in [-0.25, -0.2) is 0 Å². The van der Waals surface area contributed by atoms with E-state index in [2.05, 4.69) is 24.3 Å². The first-order valence-electron chi connectivity index (χ1n) is 7.68. The number of carbonyl (C=O) groups is 1. The molecule has 4 heteroatoms. The third-order valence-electron chi connectivity index (χ3n) is 4.92. The molecule has 1 saturated carbocycles. The molecule has 0 radical (unpaired) electrons. The summed E-state index contributed by atoms with van der Waals surface area (Å²) in [5.74, 6) is -0.0210. The predicted molar refractivity (Wildman–Crippen MR) is 87.5 cm³/mol. The van der Waals surface area contributed by atoms with E-state index in [1.54, 1.807) is 6.07 Å².